The Balaban J connectivity index is 1.63. The largest absolute Gasteiger partial charge is 0.350 e. The van der Waals surface area contributed by atoms with E-state index in [9.17, 15) is 9.59 Å². The van der Waals surface area contributed by atoms with Crippen LogP contribution in [-0.2, 0) is 16.1 Å². The van der Waals surface area contributed by atoms with E-state index in [-0.39, 0.29) is 18.2 Å². The average molecular weight is 314 g/mol. The van der Waals surface area contributed by atoms with Crippen LogP contribution in [0, 0.1) is 0 Å². The summed E-state index contributed by atoms with van der Waals surface area (Å²) in [6.07, 6.45) is 3.51. The quantitative estimate of drug-likeness (QED) is 0.875. The Bertz CT molecular complexity index is 594. The van der Waals surface area contributed by atoms with Crippen LogP contribution < -0.4 is 10.6 Å². The minimum atomic E-state index is -0.635. The Labute approximate surface area is 136 Å². The smallest absolute Gasteiger partial charge is 0.245 e. The van der Waals surface area contributed by atoms with Crippen LogP contribution in [0.25, 0.3) is 0 Å². The number of rotatable bonds is 3. The number of amides is 2. The molecule has 3 rings (SSSR count). The highest BCUT2D eigenvalue weighted by molar-refractivity contribution is 6.03. The molecule has 0 aromatic heterocycles. The number of aliphatic imine (C=N–C) groups is 1. The standard InChI is InChI=1S/C17H22N4O2/c22-15-11-14(16(23)18-12-13-7-3-1-4-8-13)19-17(20-15)21-9-5-2-6-10-21/h1,3-4,7-8,14H,2,5-6,9-12H2,(H,18,23)(H,19,20,22)/t14-/m1/s1. The zero-order valence-electron chi connectivity index (χ0n) is 13.1. The monoisotopic (exact) mass is 314 g/mol. The minimum Gasteiger partial charge on any atom is -0.350 e. The van der Waals surface area contributed by atoms with E-state index in [0.717, 1.165) is 31.5 Å². The summed E-state index contributed by atoms with van der Waals surface area (Å²) in [7, 11) is 0. The molecule has 0 radical (unpaired) electrons. The average Bonchev–Trinajstić information content (AvgIpc) is 2.61. The van der Waals surface area contributed by atoms with E-state index in [1.807, 2.05) is 30.3 Å². The summed E-state index contributed by atoms with van der Waals surface area (Å²) in [5.74, 6) is 0.222. The lowest BCUT2D eigenvalue weighted by Crippen LogP contribution is -2.52. The van der Waals surface area contributed by atoms with E-state index in [0.29, 0.717) is 12.5 Å². The molecule has 0 saturated carbocycles. The maximum absolute atomic E-state index is 12.3. The van der Waals surface area contributed by atoms with E-state index >= 15 is 0 Å². The second-order valence-corrected chi connectivity index (χ2v) is 5.97. The van der Waals surface area contributed by atoms with Gasteiger partial charge >= 0.3 is 0 Å². The van der Waals surface area contributed by atoms with Gasteiger partial charge in [-0.05, 0) is 24.8 Å². The van der Waals surface area contributed by atoms with Crippen molar-refractivity contribution in [3.63, 3.8) is 0 Å². The number of benzene rings is 1. The molecular weight excluding hydrogens is 292 g/mol. The zero-order chi connectivity index (χ0) is 16.1. The predicted octanol–water partition coefficient (Wildman–Crippen LogP) is 1.03. The number of nitrogens with one attached hydrogen (secondary N) is 2. The lowest BCUT2D eigenvalue weighted by atomic mass is 10.1. The van der Waals surface area contributed by atoms with Crippen LogP contribution in [-0.4, -0.2) is 41.8 Å². The molecule has 122 valence electrons. The number of carbonyl (C=O) groups is 2. The molecule has 2 aliphatic rings. The van der Waals surface area contributed by atoms with Gasteiger partial charge in [0.2, 0.25) is 17.8 Å². The van der Waals surface area contributed by atoms with E-state index in [1.54, 1.807) is 0 Å². The van der Waals surface area contributed by atoms with E-state index in [1.165, 1.54) is 6.42 Å². The molecule has 6 nitrogen and oxygen atoms in total. The topological polar surface area (TPSA) is 73.8 Å². The lowest BCUT2D eigenvalue weighted by Gasteiger charge is -2.32. The minimum absolute atomic E-state index is 0.109. The molecule has 2 heterocycles. The fraction of sp³-hybridized carbons (Fsp3) is 0.471. The number of carbonyl (C=O) groups excluding carboxylic acids is 2. The molecule has 0 unspecified atom stereocenters. The van der Waals surface area contributed by atoms with Gasteiger partial charge in [0.25, 0.3) is 0 Å². The van der Waals surface area contributed by atoms with E-state index < -0.39 is 6.04 Å². The molecule has 2 N–H and O–H groups in total. The molecule has 1 saturated heterocycles. The van der Waals surface area contributed by atoms with Crippen molar-refractivity contribution in [2.24, 2.45) is 4.99 Å². The molecule has 2 aliphatic heterocycles. The lowest BCUT2D eigenvalue weighted by molar-refractivity contribution is -0.127. The van der Waals surface area contributed by atoms with Gasteiger partial charge in [0, 0.05) is 19.6 Å². The van der Waals surface area contributed by atoms with Gasteiger partial charge in [-0.1, -0.05) is 30.3 Å². The molecule has 2 amide bonds. The fourth-order valence-corrected chi connectivity index (χ4v) is 2.90. The highest BCUT2D eigenvalue weighted by atomic mass is 16.2. The van der Waals surface area contributed by atoms with Crippen molar-refractivity contribution in [2.75, 3.05) is 13.1 Å². The van der Waals surface area contributed by atoms with Crippen LogP contribution in [0.1, 0.15) is 31.2 Å². The summed E-state index contributed by atoms with van der Waals surface area (Å²) in [4.78, 5) is 30.8. The summed E-state index contributed by atoms with van der Waals surface area (Å²) in [6, 6.07) is 9.08. The number of guanidine groups is 1. The highest BCUT2D eigenvalue weighted by Gasteiger charge is 2.29. The van der Waals surface area contributed by atoms with Crippen molar-refractivity contribution in [1.82, 2.24) is 15.5 Å². The first-order valence-electron chi connectivity index (χ1n) is 8.16. The maximum atomic E-state index is 12.3. The second kappa shape index (κ2) is 7.26. The van der Waals surface area contributed by atoms with Crippen LogP contribution in [0.5, 0.6) is 0 Å². The number of piperidine rings is 1. The van der Waals surface area contributed by atoms with Gasteiger partial charge in [0.15, 0.2) is 0 Å². The summed E-state index contributed by atoms with van der Waals surface area (Å²) in [5, 5.41) is 5.67. The molecule has 1 atom stereocenters. The molecule has 1 fully saturated rings. The Morgan fingerprint density at radius 3 is 2.70 bits per heavy atom. The highest BCUT2D eigenvalue weighted by Crippen LogP contribution is 2.13. The van der Waals surface area contributed by atoms with Crippen molar-refractivity contribution in [3.8, 4) is 0 Å². The first-order chi connectivity index (χ1) is 11.2. The van der Waals surface area contributed by atoms with Gasteiger partial charge in [-0.15, -0.1) is 0 Å². The third kappa shape index (κ3) is 4.09. The molecule has 1 aromatic rings. The zero-order valence-corrected chi connectivity index (χ0v) is 13.1. The molecule has 1 aromatic carbocycles. The second-order valence-electron chi connectivity index (χ2n) is 5.97. The number of likely N-dealkylation sites (tertiary alicyclic amines) is 1. The number of hydrogen-bond acceptors (Lipinski definition) is 4. The molecule has 23 heavy (non-hydrogen) atoms. The first-order valence-corrected chi connectivity index (χ1v) is 8.16. The van der Waals surface area contributed by atoms with Crippen molar-refractivity contribution < 1.29 is 9.59 Å². The third-order valence-corrected chi connectivity index (χ3v) is 4.18. The van der Waals surface area contributed by atoms with Gasteiger partial charge in [0.1, 0.15) is 6.04 Å². The summed E-state index contributed by atoms with van der Waals surface area (Å²) < 4.78 is 0. The Morgan fingerprint density at radius 2 is 1.96 bits per heavy atom. The maximum Gasteiger partial charge on any atom is 0.245 e. The van der Waals surface area contributed by atoms with E-state index in [4.69, 9.17) is 0 Å². The van der Waals surface area contributed by atoms with Gasteiger partial charge in [-0.2, -0.15) is 0 Å². The SMILES string of the molecule is O=C1C[C@H](C(=O)NCc2ccccc2)N=C(N2CCCCC2)N1. The van der Waals surface area contributed by atoms with Gasteiger partial charge < -0.3 is 10.2 Å². The van der Waals surface area contributed by atoms with Crippen LogP contribution >= 0.6 is 0 Å². The Morgan fingerprint density at radius 1 is 1.22 bits per heavy atom. The molecular formula is C17H22N4O2. The molecule has 0 bridgehead atoms. The third-order valence-electron chi connectivity index (χ3n) is 4.18. The fourth-order valence-electron chi connectivity index (χ4n) is 2.90. The number of hydrogen-bond donors (Lipinski definition) is 2. The normalized spacial score (nSPS) is 21.4. The van der Waals surface area contributed by atoms with Crippen LogP contribution in [0.15, 0.2) is 35.3 Å². The van der Waals surface area contributed by atoms with Crippen molar-refractivity contribution in [3.05, 3.63) is 35.9 Å². The van der Waals surface area contributed by atoms with Crippen LogP contribution in [0.4, 0.5) is 0 Å². The number of nitrogens with zero attached hydrogens (tertiary/aromatic N) is 2. The summed E-state index contributed by atoms with van der Waals surface area (Å²) in [6.45, 7) is 2.22. The predicted molar refractivity (Wildman–Crippen MR) is 87.7 cm³/mol. The van der Waals surface area contributed by atoms with E-state index in [2.05, 4.69) is 20.5 Å². The first kappa shape index (κ1) is 15.5. The molecule has 6 heteroatoms. The van der Waals surface area contributed by atoms with Crippen molar-refractivity contribution in [2.45, 2.75) is 38.3 Å². The van der Waals surface area contributed by atoms with Gasteiger partial charge in [0.05, 0.1) is 6.42 Å². The Hall–Kier alpha value is -2.37. The molecule has 0 aliphatic carbocycles. The van der Waals surface area contributed by atoms with Crippen molar-refractivity contribution in [1.29, 1.82) is 0 Å². The van der Waals surface area contributed by atoms with Crippen molar-refractivity contribution >= 4 is 17.8 Å². The summed E-state index contributed by atoms with van der Waals surface area (Å²) >= 11 is 0. The van der Waals surface area contributed by atoms with Gasteiger partial charge in [-0.3, -0.25) is 14.9 Å². The van der Waals surface area contributed by atoms with Crippen LogP contribution in [0.3, 0.4) is 0 Å². The Kier molecular flexibility index (Phi) is 4.90. The molecule has 0 spiro atoms. The summed E-state index contributed by atoms with van der Waals surface area (Å²) in [5.41, 5.74) is 1.03. The van der Waals surface area contributed by atoms with Crippen LogP contribution in [0.2, 0.25) is 0 Å². The van der Waals surface area contributed by atoms with Gasteiger partial charge in [-0.25, -0.2) is 4.99 Å².